The Morgan fingerprint density at radius 1 is 1.30 bits per heavy atom. The van der Waals surface area contributed by atoms with Crippen LogP contribution in [0.5, 0.6) is 0 Å². The van der Waals surface area contributed by atoms with E-state index in [1.807, 2.05) is 0 Å². The van der Waals surface area contributed by atoms with Gasteiger partial charge in [-0.05, 0) is 57.4 Å². The first-order valence-electron chi connectivity index (χ1n) is 8.61. The Labute approximate surface area is 124 Å². The molecule has 1 aliphatic carbocycles. The topological polar surface area (TPSA) is 30.5 Å². The number of ether oxygens (including phenoxy) is 2. The van der Waals surface area contributed by atoms with Crippen LogP contribution in [0.2, 0.25) is 0 Å². The molecule has 1 saturated carbocycles. The van der Waals surface area contributed by atoms with Crippen molar-refractivity contribution < 1.29 is 9.47 Å². The van der Waals surface area contributed by atoms with Crippen molar-refractivity contribution in [3.63, 3.8) is 0 Å². The molecule has 3 heteroatoms. The minimum absolute atomic E-state index is 0.227. The van der Waals surface area contributed by atoms with Crippen molar-refractivity contribution in [2.24, 2.45) is 11.8 Å². The minimum Gasteiger partial charge on any atom is -0.377 e. The SMILES string of the molecule is CCNC(C1CCOC2(CCC2)C1)C(OCC)C(C)C. The Bertz CT molecular complexity index is 289. The highest BCUT2D eigenvalue weighted by molar-refractivity contribution is 4.98. The summed E-state index contributed by atoms with van der Waals surface area (Å²) in [6.07, 6.45) is 6.60. The van der Waals surface area contributed by atoms with Crippen molar-refractivity contribution in [2.45, 2.75) is 77.5 Å². The van der Waals surface area contributed by atoms with Crippen LogP contribution in [-0.4, -0.2) is 37.5 Å². The zero-order chi connectivity index (χ0) is 14.6. The summed E-state index contributed by atoms with van der Waals surface area (Å²) in [5, 5.41) is 3.72. The third-order valence-corrected chi connectivity index (χ3v) is 5.11. The lowest BCUT2D eigenvalue weighted by molar-refractivity contribution is -0.154. The smallest absolute Gasteiger partial charge is 0.0753 e. The van der Waals surface area contributed by atoms with E-state index in [1.165, 1.54) is 32.1 Å². The van der Waals surface area contributed by atoms with Crippen molar-refractivity contribution in [3.8, 4) is 0 Å². The molecular weight excluding hydrogens is 250 g/mol. The second-order valence-electron chi connectivity index (χ2n) is 6.89. The molecule has 0 aromatic rings. The van der Waals surface area contributed by atoms with E-state index in [0.717, 1.165) is 19.8 Å². The van der Waals surface area contributed by atoms with Crippen LogP contribution in [0.25, 0.3) is 0 Å². The number of rotatable bonds is 7. The molecule has 1 saturated heterocycles. The second-order valence-corrected chi connectivity index (χ2v) is 6.89. The molecule has 118 valence electrons. The summed E-state index contributed by atoms with van der Waals surface area (Å²) in [5.41, 5.74) is 0.227. The van der Waals surface area contributed by atoms with Crippen molar-refractivity contribution >= 4 is 0 Å². The molecule has 2 fully saturated rings. The molecule has 2 aliphatic rings. The lowest BCUT2D eigenvalue weighted by atomic mass is 9.69. The Balaban J connectivity index is 2.05. The quantitative estimate of drug-likeness (QED) is 0.777. The van der Waals surface area contributed by atoms with E-state index < -0.39 is 0 Å². The average Bonchev–Trinajstić information content (AvgIpc) is 2.41. The van der Waals surface area contributed by atoms with E-state index in [9.17, 15) is 0 Å². The first kappa shape index (κ1) is 16.3. The van der Waals surface area contributed by atoms with Gasteiger partial charge in [-0.3, -0.25) is 0 Å². The van der Waals surface area contributed by atoms with Crippen molar-refractivity contribution in [1.29, 1.82) is 0 Å². The summed E-state index contributed by atoms with van der Waals surface area (Å²) in [5.74, 6) is 1.25. The molecule has 20 heavy (non-hydrogen) atoms. The van der Waals surface area contributed by atoms with Crippen LogP contribution < -0.4 is 5.32 Å². The Morgan fingerprint density at radius 2 is 2.05 bits per heavy atom. The summed E-state index contributed by atoms with van der Waals surface area (Å²) in [6, 6.07) is 0.473. The highest BCUT2D eigenvalue weighted by atomic mass is 16.5. The third-order valence-electron chi connectivity index (χ3n) is 5.11. The van der Waals surface area contributed by atoms with Gasteiger partial charge in [-0.2, -0.15) is 0 Å². The van der Waals surface area contributed by atoms with E-state index in [-0.39, 0.29) is 5.60 Å². The van der Waals surface area contributed by atoms with Gasteiger partial charge in [-0.1, -0.05) is 20.8 Å². The first-order valence-corrected chi connectivity index (χ1v) is 8.61. The van der Waals surface area contributed by atoms with Crippen LogP contribution in [-0.2, 0) is 9.47 Å². The fourth-order valence-corrected chi connectivity index (χ4v) is 3.98. The number of hydrogen-bond donors (Lipinski definition) is 1. The van der Waals surface area contributed by atoms with Crippen molar-refractivity contribution in [3.05, 3.63) is 0 Å². The van der Waals surface area contributed by atoms with Gasteiger partial charge < -0.3 is 14.8 Å². The largest absolute Gasteiger partial charge is 0.377 e. The van der Waals surface area contributed by atoms with Crippen molar-refractivity contribution in [2.75, 3.05) is 19.8 Å². The molecule has 3 atom stereocenters. The van der Waals surface area contributed by atoms with Gasteiger partial charge in [0, 0.05) is 19.3 Å². The number of nitrogens with one attached hydrogen (secondary N) is 1. The first-order chi connectivity index (χ1) is 9.62. The van der Waals surface area contributed by atoms with Crippen LogP contribution in [0.1, 0.15) is 59.8 Å². The standard InChI is InChI=1S/C17H33NO2/c1-5-18-15(16(13(3)4)19-6-2)14-8-11-20-17(12-14)9-7-10-17/h13-16,18H,5-12H2,1-4H3. The van der Waals surface area contributed by atoms with Crippen molar-refractivity contribution in [1.82, 2.24) is 5.32 Å². The van der Waals surface area contributed by atoms with Crippen LogP contribution >= 0.6 is 0 Å². The van der Waals surface area contributed by atoms with Gasteiger partial charge >= 0.3 is 0 Å². The maximum absolute atomic E-state index is 6.09. The van der Waals surface area contributed by atoms with Gasteiger partial charge in [-0.25, -0.2) is 0 Å². The molecule has 1 aliphatic heterocycles. The fourth-order valence-electron chi connectivity index (χ4n) is 3.98. The lowest BCUT2D eigenvalue weighted by Crippen LogP contribution is -2.55. The van der Waals surface area contributed by atoms with Crippen LogP contribution in [0.15, 0.2) is 0 Å². The van der Waals surface area contributed by atoms with Gasteiger partial charge in [-0.15, -0.1) is 0 Å². The average molecular weight is 283 g/mol. The summed E-state index contributed by atoms with van der Waals surface area (Å²) < 4.78 is 12.2. The molecular formula is C17H33NO2. The van der Waals surface area contributed by atoms with Crippen LogP contribution in [0.3, 0.4) is 0 Å². The minimum atomic E-state index is 0.227. The fraction of sp³-hybridized carbons (Fsp3) is 1.00. The van der Waals surface area contributed by atoms with Gasteiger partial charge in [0.25, 0.3) is 0 Å². The molecule has 1 N–H and O–H groups in total. The Kier molecular flexibility index (Phi) is 5.88. The zero-order valence-electron chi connectivity index (χ0n) is 13.8. The van der Waals surface area contributed by atoms with Crippen LogP contribution in [0, 0.1) is 11.8 Å². The van der Waals surface area contributed by atoms with E-state index in [0.29, 0.717) is 24.0 Å². The maximum atomic E-state index is 6.09. The molecule has 0 aromatic heterocycles. The molecule has 0 radical (unpaired) electrons. The van der Waals surface area contributed by atoms with E-state index >= 15 is 0 Å². The summed E-state index contributed by atoms with van der Waals surface area (Å²) in [4.78, 5) is 0. The molecule has 3 unspecified atom stereocenters. The van der Waals surface area contributed by atoms with E-state index in [1.54, 1.807) is 0 Å². The normalized spacial score (nSPS) is 28.4. The predicted molar refractivity (Wildman–Crippen MR) is 83.0 cm³/mol. The van der Waals surface area contributed by atoms with Gasteiger partial charge in [0.2, 0.25) is 0 Å². The Hall–Kier alpha value is -0.120. The molecule has 0 aromatic carbocycles. The highest BCUT2D eigenvalue weighted by Gasteiger charge is 2.45. The van der Waals surface area contributed by atoms with Gasteiger partial charge in [0.1, 0.15) is 0 Å². The zero-order valence-corrected chi connectivity index (χ0v) is 13.8. The van der Waals surface area contributed by atoms with Gasteiger partial charge in [0.05, 0.1) is 11.7 Å². The van der Waals surface area contributed by atoms with E-state index in [2.05, 4.69) is 33.0 Å². The molecule has 1 heterocycles. The molecule has 0 amide bonds. The predicted octanol–water partition coefficient (Wildman–Crippen LogP) is 3.37. The summed E-state index contributed by atoms with van der Waals surface area (Å²) in [7, 11) is 0. The lowest BCUT2D eigenvalue weighted by Gasteiger charge is -2.50. The molecule has 1 spiro atoms. The highest BCUT2D eigenvalue weighted by Crippen LogP contribution is 2.45. The van der Waals surface area contributed by atoms with Gasteiger partial charge in [0.15, 0.2) is 0 Å². The number of hydrogen-bond acceptors (Lipinski definition) is 3. The van der Waals surface area contributed by atoms with E-state index in [4.69, 9.17) is 9.47 Å². The summed E-state index contributed by atoms with van der Waals surface area (Å²) in [6.45, 7) is 11.6. The second kappa shape index (κ2) is 7.24. The number of likely N-dealkylation sites (N-methyl/N-ethyl adjacent to an activating group) is 1. The Morgan fingerprint density at radius 3 is 2.55 bits per heavy atom. The summed E-state index contributed by atoms with van der Waals surface area (Å²) >= 11 is 0. The monoisotopic (exact) mass is 283 g/mol. The molecule has 2 rings (SSSR count). The molecule has 0 bridgehead atoms. The molecule has 3 nitrogen and oxygen atoms in total. The van der Waals surface area contributed by atoms with Crippen LogP contribution in [0.4, 0.5) is 0 Å². The third kappa shape index (κ3) is 3.55. The maximum Gasteiger partial charge on any atom is 0.0753 e.